The highest BCUT2D eigenvalue weighted by molar-refractivity contribution is 7.89. The fourth-order valence-electron chi connectivity index (χ4n) is 1.29. The van der Waals surface area contributed by atoms with Crippen molar-refractivity contribution < 1.29 is 8.42 Å². The summed E-state index contributed by atoms with van der Waals surface area (Å²) in [6.07, 6.45) is 4.53. The summed E-state index contributed by atoms with van der Waals surface area (Å²) < 4.78 is 26.1. The van der Waals surface area contributed by atoms with Crippen LogP contribution in [0.1, 0.15) is 11.4 Å². The maximum atomic E-state index is 11.8. The van der Waals surface area contributed by atoms with Crippen molar-refractivity contribution in [1.82, 2.24) is 19.7 Å². The predicted octanol–water partition coefficient (Wildman–Crippen LogP) is 0.592. The first-order chi connectivity index (χ1) is 8.08. The fourth-order valence-corrected chi connectivity index (χ4v) is 2.28. The third-order valence-electron chi connectivity index (χ3n) is 2.18. The molecule has 0 spiro atoms. The van der Waals surface area contributed by atoms with Crippen molar-refractivity contribution in [3.63, 3.8) is 0 Å². The van der Waals surface area contributed by atoms with Gasteiger partial charge in [0.1, 0.15) is 5.82 Å². The summed E-state index contributed by atoms with van der Waals surface area (Å²) in [7, 11) is -3.53. The van der Waals surface area contributed by atoms with Gasteiger partial charge in [-0.2, -0.15) is 0 Å². The molecule has 7 heteroatoms. The van der Waals surface area contributed by atoms with Gasteiger partial charge in [0.2, 0.25) is 0 Å². The summed E-state index contributed by atoms with van der Waals surface area (Å²) in [4.78, 5) is 10.4. The van der Waals surface area contributed by atoms with Gasteiger partial charge in [-0.25, -0.2) is 18.1 Å². The molecule has 2 rings (SSSR count). The van der Waals surface area contributed by atoms with Crippen molar-refractivity contribution in [3.8, 4) is 0 Å². The lowest BCUT2D eigenvalue weighted by molar-refractivity contribution is 0.578. The number of pyridine rings is 1. The monoisotopic (exact) mass is 252 g/mol. The molecule has 2 heterocycles. The minimum atomic E-state index is -3.53. The minimum Gasteiger partial charge on any atom is -0.332 e. The Hall–Kier alpha value is -1.73. The van der Waals surface area contributed by atoms with E-state index in [2.05, 4.69) is 19.7 Å². The summed E-state index contributed by atoms with van der Waals surface area (Å²) in [6.45, 7) is 1.92. The van der Waals surface area contributed by atoms with E-state index in [1.165, 1.54) is 6.20 Å². The molecule has 0 aliphatic heterocycles. The van der Waals surface area contributed by atoms with Crippen LogP contribution in [-0.4, -0.2) is 23.4 Å². The molecule has 0 radical (unpaired) electrons. The third kappa shape index (κ3) is 2.89. The summed E-state index contributed by atoms with van der Waals surface area (Å²) >= 11 is 0. The highest BCUT2D eigenvalue weighted by atomic mass is 32.2. The minimum absolute atomic E-state index is 0.0732. The van der Waals surface area contributed by atoms with Crippen LogP contribution in [0.5, 0.6) is 0 Å². The van der Waals surface area contributed by atoms with Crippen LogP contribution >= 0.6 is 0 Å². The number of nitrogens with one attached hydrogen (secondary N) is 2. The SMILES string of the molecule is Cc1ncc(S(=O)(=O)NCc2ccncc2)[nH]1. The first kappa shape index (κ1) is 11.7. The van der Waals surface area contributed by atoms with Gasteiger partial charge in [0, 0.05) is 18.9 Å². The van der Waals surface area contributed by atoms with Crippen LogP contribution in [0.3, 0.4) is 0 Å². The summed E-state index contributed by atoms with van der Waals surface area (Å²) in [5.41, 5.74) is 0.847. The Bertz CT molecular complexity index is 592. The molecule has 2 N–H and O–H groups in total. The standard InChI is InChI=1S/C10H12N4O2S/c1-8-12-7-10(14-8)17(15,16)13-6-9-2-4-11-5-3-9/h2-5,7,13H,6H2,1H3,(H,12,14). The van der Waals surface area contributed by atoms with Crippen LogP contribution in [0.2, 0.25) is 0 Å². The zero-order valence-electron chi connectivity index (χ0n) is 9.21. The van der Waals surface area contributed by atoms with Crippen molar-refractivity contribution >= 4 is 10.0 Å². The van der Waals surface area contributed by atoms with Crippen molar-refractivity contribution in [2.45, 2.75) is 18.5 Å². The Morgan fingerprint density at radius 1 is 1.35 bits per heavy atom. The van der Waals surface area contributed by atoms with Crippen molar-refractivity contribution in [3.05, 3.63) is 42.1 Å². The van der Waals surface area contributed by atoms with E-state index >= 15 is 0 Å². The molecule has 0 saturated heterocycles. The van der Waals surface area contributed by atoms with E-state index < -0.39 is 10.0 Å². The van der Waals surface area contributed by atoms with Gasteiger partial charge in [-0.05, 0) is 24.6 Å². The van der Waals surface area contributed by atoms with Gasteiger partial charge in [0.25, 0.3) is 10.0 Å². The lowest BCUT2D eigenvalue weighted by Crippen LogP contribution is -2.23. The highest BCUT2D eigenvalue weighted by Crippen LogP contribution is 2.06. The largest absolute Gasteiger partial charge is 0.332 e. The quantitative estimate of drug-likeness (QED) is 0.833. The summed E-state index contributed by atoms with van der Waals surface area (Å²) in [5, 5.41) is 0.0732. The molecule has 0 fully saturated rings. The van der Waals surface area contributed by atoms with E-state index in [9.17, 15) is 8.42 Å². The van der Waals surface area contributed by atoms with Crippen LogP contribution in [0.15, 0.2) is 35.7 Å². The zero-order valence-corrected chi connectivity index (χ0v) is 10.0. The molecule has 0 saturated carbocycles. The number of aryl methyl sites for hydroxylation is 1. The van der Waals surface area contributed by atoms with E-state index in [1.807, 2.05) is 0 Å². The fraction of sp³-hybridized carbons (Fsp3) is 0.200. The maximum absolute atomic E-state index is 11.8. The molecule has 0 aromatic carbocycles. The molecule has 0 aliphatic rings. The molecule has 90 valence electrons. The molecular formula is C10H12N4O2S. The van der Waals surface area contributed by atoms with Gasteiger partial charge in [-0.15, -0.1) is 0 Å². The summed E-state index contributed by atoms with van der Waals surface area (Å²) in [6, 6.07) is 3.50. The van der Waals surface area contributed by atoms with Crippen molar-refractivity contribution in [2.75, 3.05) is 0 Å². The lowest BCUT2D eigenvalue weighted by atomic mass is 10.3. The first-order valence-electron chi connectivity index (χ1n) is 4.98. The molecular weight excluding hydrogens is 240 g/mol. The smallest absolute Gasteiger partial charge is 0.257 e. The van der Waals surface area contributed by atoms with Crippen LogP contribution in [0, 0.1) is 6.92 Å². The second kappa shape index (κ2) is 4.64. The third-order valence-corrected chi connectivity index (χ3v) is 3.50. The number of H-pyrrole nitrogens is 1. The van der Waals surface area contributed by atoms with Crippen molar-refractivity contribution in [1.29, 1.82) is 0 Å². The first-order valence-corrected chi connectivity index (χ1v) is 6.46. The Labute approximate surface area is 99.2 Å². The molecule has 6 nitrogen and oxygen atoms in total. The van der Waals surface area contributed by atoms with E-state index in [1.54, 1.807) is 31.5 Å². The number of sulfonamides is 1. The number of nitrogens with zero attached hydrogens (tertiary/aromatic N) is 2. The summed E-state index contributed by atoms with van der Waals surface area (Å²) in [5.74, 6) is 0.564. The van der Waals surface area contributed by atoms with E-state index in [4.69, 9.17) is 0 Å². The van der Waals surface area contributed by atoms with Crippen LogP contribution < -0.4 is 4.72 Å². The number of aromatic nitrogens is 3. The van der Waals surface area contributed by atoms with Gasteiger partial charge in [0.15, 0.2) is 5.03 Å². The van der Waals surface area contributed by atoms with Gasteiger partial charge < -0.3 is 4.98 Å². The molecule has 0 amide bonds. The predicted molar refractivity (Wildman–Crippen MR) is 61.6 cm³/mol. The van der Waals surface area contributed by atoms with Gasteiger partial charge in [-0.3, -0.25) is 4.98 Å². The lowest BCUT2D eigenvalue weighted by Gasteiger charge is -2.04. The number of aromatic amines is 1. The van der Waals surface area contributed by atoms with Crippen molar-refractivity contribution in [2.24, 2.45) is 0 Å². The normalized spacial score (nSPS) is 11.6. The van der Waals surface area contributed by atoms with Gasteiger partial charge >= 0.3 is 0 Å². The topological polar surface area (TPSA) is 87.7 Å². The van der Waals surface area contributed by atoms with E-state index in [0.29, 0.717) is 5.82 Å². The molecule has 0 unspecified atom stereocenters. The van der Waals surface area contributed by atoms with Crippen LogP contribution in [0.25, 0.3) is 0 Å². The Kier molecular flexibility index (Phi) is 3.21. The second-order valence-corrected chi connectivity index (χ2v) is 5.25. The molecule has 17 heavy (non-hydrogen) atoms. The Morgan fingerprint density at radius 3 is 2.65 bits per heavy atom. The van der Waals surface area contributed by atoms with E-state index in [-0.39, 0.29) is 11.6 Å². The van der Waals surface area contributed by atoms with Gasteiger partial charge in [0.05, 0.1) is 6.20 Å². The average molecular weight is 252 g/mol. The number of rotatable bonds is 4. The average Bonchev–Trinajstić information content (AvgIpc) is 2.76. The Morgan fingerprint density at radius 2 is 2.06 bits per heavy atom. The maximum Gasteiger partial charge on any atom is 0.257 e. The van der Waals surface area contributed by atoms with Crippen LogP contribution in [-0.2, 0) is 16.6 Å². The Balaban J connectivity index is 2.09. The molecule has 0 aliphatic carbocycles. The molecule has 2 aromatic rings. The van der Waals surface area contributed by atoms with Gasteiger partial charge in [-0.1, -0.05) is 0 Å². The number of hydrogen-bond acceptors (Lipinski definition) is 4. The zero-order chi connectivity index (χ0) is 12.3. The number of hydrogen-bond donors (Lipinski definition) is 2. The number of imidazole rings is 1. The molecule has 0 bridgehead atoms. The van der Waals surface area contributed by atoms with E-state index in [0.717, 1.165) is 5.56 Å². The van der Waals surface area contributed by atoms with Crippen LogP contribution in [0.4, 0.5) is 0 Å². The second-order valence-electron chi connectivity index (χ2n) is 3.51. The molecule has 0 atom stereocenters. The molecule has 2 aromatic heterocycles. The highest BCUT2D eigenvalue weighted by Gasteiger charge is 2.15.